The number of rotatable bonds is 12. The molecule has 2 heterocycles. The molecule has 1 aliphatic heterocycles. The van der Waals surface area contributed by atoms with Gasteiger partial charge in [-0.05, 0) is 68.9 Å². The van der Waals surface area contributed by atoms with Crippen LogP contribution in [0.15, 0.2) is 83.0 Å². The summed E-state index contributed by atoms with van der Waals surface area (Å²) in [5.41, 5.74) is 2.06. The molecule has 3 amide bonds. The standard InChI is InChI=1S/C30H30N2O5/c33-28-19-23(29(34)31-28)7-2-1-5-17-36-27-9-4-3-8-24(27)20-32(25-15-16-25)30(35)22-13-11-21(12-14-22)26-10-6-18-37-26/h3-4,6,8-14,18-19,25H,1-2,5,7,15-17,20H2,(H,31,33,34)/i20D2. The minimum Gasteiger partial charge on any atom is -0.493 e. The zero-order valence-corrected chi connectivity index (χ0v) is 20.4. The molecule has 2 aromatic carbocycles. The minimum atomic E-state index is -2.08. The van der Waals surface area contributed by atoms with Gasteiger partial charge >= 0.3 is 0 Å². The molecule has 1 aliphatic carbocycles. The van der Waals surface area contributed by atoms with Crippen LogP contribution >= 0.6 is 0 Å². The number of carbonyl (C=O) groups is 3. The van der Waals surface area contributed by atoms with Gasteiger partial charge in [0.15, 0.2) is 0 Å². The molecule has 37 heavy (non-hydrogen) atoms. The molecule has 7 heteroatoms. The maximum absolute atomic E-state index is 13.6. The van der Waals surface area contributed by atoms with Crippen LogP contribution in [0.25, 0.3) is 11.3 Å². The van der Waals surface area contributed by atoms with Gasteiger partial charge in [-0.1, -0.05) is 30.3 Å². The summed E-state index contributed by atoms with van der Waals surface area (Å²) < 4.78 is 29.5. The molecule has 0 saturated heterocycles. The Morgan fingerprint density at radius 1 is 1.03 bits per heavy atom. The van der Waals surface area contributed by atoms with Crippen molar-refractivity contribution in [3.63, 3.8) is 0 Å². The van der Waals surface area contributed by atoms with Crippen molar-refractivity contribution in [1.82, 2.24) is 10.2 Å². The average Bonchev–Trinajstić information content (AvgIpc) is 3.47. The largest absolute Gasteiger partial charge is 0.493 e. The molecule has 3 aromatic rings. The van der Waals surface area contributed by atoms with Crippen LogP contribution in [0.4, 0.5) is 0 Å². The molecule has 0 atom stereocenters. The number of hydrogen-bond donors (Lipinski definition) is 1. The van der Waals surface area contributed by atoms with E-state index in [1.165, 1.54) is 11.0 Å². The second kappa shape index (κ2) is 11.3. The number of para-hydroxylation sites is 1. The number of amides is 3. The quantitative estimate of drug-likeness (QED) is 0.270. The third-order valence-corrected chi connectivity index (χ3v) is 6.38. The topological polar surface area (TPSA) is 88.9 Å². The van der Waals surface area contributed by atoms with E-state index >= 15 is 0 Å². The number of nitrogens with zero attached hydrogens (tertiary/aromatic N) is 1. The van der Waals surface area contributed by atoms with Gasteiger partial charge in [0.2, 0.25) is 0 Å². The van der Waals surface area contributed by atoms with Crippen molar-refractivity contribution in [2.24, 2.45) is 0 Å². The first-order valence-electron chi connectivity index (χ1n) is 13.6. The lowest BCUT2D eigenvalue weighted by atomic mass is 10.1. The number of imide groups is 1. The smallest absolute Gasteiger partial charge is 0.254 e. The summed E-state index contributed by atoms with van der Waals surface area (Å²) in [6, 6.07) is 17.4. The molecule has 1 fully saturated rings. The molecule has 0 spiro atoms. The maximum Gasteiger partial charge on any atom is 0.254 e. The Kier molecular flexibility index (Phi) is 6.74. The third kappa shape index (κ3) is 6.17. The first-order valence-corrected chi connectivity index (χ1v) is 12.6. The normalized spacial score (nSPS) is 16.1. The van der Waals surface area contributed by atoms with Crippen molar-refractivity contribution < 1.29 is 26.3 Å². The molecule has 7 nitrogen and oxygen atoms in total. The zero-order chi connectivity index (χ0) is 27.4. The fourth-order valence-electron chi connectivity index (χ4n) is 4.23. The van der Waals surface area contributed by atoms with Crippen molar-refractivity contribution in [1.29, 1.82) is 0 Å². The summed E-state index contributed by atoms with van der Waals surface area (Å²) in [7, 11) is 0. The minimum absolute atomic E-state index is 0.181. The molecule has 0 radical (unpaired) electrons. The van der Waals surface area contributed by atoms with E-state index in [2.05, 4.69) is 5.32 Å². The van der Waals surface area contributed by atoms with Crippen LogP contribution in [0.5, 0.6) is 5.75 Å². The lowest BCUT2D eigenvalue weighted by Crippen LogP contribution is -2.32. The number of ether oxygens (including phenoxy) is 1. The van der Waals surface area contributed by atoms with Crippen molar-refractivity contribution in [2.75, 3.05) is 6.61 Å². The highest BCUT2D eigenvalue weighted by atomic mass is 16.5. The van der Waals surface area contributed by atoms with Gasteiger partial charge in [0.05, 0.1) is 15.6 Å². The van der Waals surface area contributed by atoms with E-state index in [9.17, 15) is 14.4 Å². The molecule has 5 rings (SSSR count). The Hall–Kier alpha value is -4.13. The van der Waals surface area contributed by atoms with E-state index in [0.29, 0.717) is 47.7 Å². The maximum atomic E-state index is 13.6. The van der Waals surface area contributed by atoms with Gasteiger partial charge in [-0.3, -0.25) is 19.7 Å². The highest BCUT2D eigenvalue weighted by molar-refractivity contribution is 6.16. The Morgan fingerprint density at radius 2 is 1.84 bits per heavy atom. The first kappa shape index (κ1) is 22.1. The molecule has 2 aliphatic rings. The van der Waals surface area contributed by atoms with E-state index in [1.54, 1.807) is 60.9 Å². The van der Waals surface area contributed by atoms with E-state index in [1.807, 2.05) is 6.07 Å². The van der Waals surface area contributed by atoms with Crippen LogP contribution in [0.3, 0.4) is 0 Å². The number of unbranched alkanes of at least 4 members (excludes halogenated alkanes) is 2. The number of benzene rings is 2. The Balaban J connectivity index is 1.24. The first-order chi connectivity index (χ1) is 18.8. The lowest BCUT2D eigenvalue weighted by Gasteiger charge is -2.24. The predicted octanol–water partition coefficient (Wildman–Crippen LogP) is 5.27. The van der Waals surface area contributed by atoms with Gasteiger partial charge in [-0.15, -0.1) is 0 Å². The molecular weight excluding hydrogens is 468 g/mol. The summed E-state index contributed by atoms with van der Waals surface area (Å²) in [5, 5.41) is 2.25. The molecule has 0 unspecified atom stereocenters. The van der Waals surface area contributed by atoms with Crippen LogP contribution in [-0.2, 0) is 16.1 Å². The molecule has 1 aromatic heterocycles. The summed E-state index contributed by atoms with van der Waals surface area (Å²) in [5.74, 6) is 0.0415. The van der Waals surface area contributed by atoms with Crippen molar-refractivity contribution in [2.45, 2.75) is 51.1 Å². The monoisotopic (exact) mass is 500 g/mol. The zero-order valence-electron chi connectivity index (χ0n) is 22.4. The van der Waals surface area contributed by atoms with Crippen molar-refractivity contribution in [3.8, 4) is 17.1 Å². The summed E-state index contributed by atoms with van der Waals surface area (Å²) >= 11 is 0. The highest BCUT2D eigenvalue weighted by Gasteiger charge is 2.33. The summed E-state index contributed by atoms with van der Waals surface area (Å²) in [6.07, 6.45) is 7.19. The van der Waals surface area contributed by atoms with Crippen LogP contribution < -0.4 is 10.1 Å². The summed E-state index contributed by atoms with van der Waals surface area (Å²) in [6.45, 7) is -1.72. The van der Waals surface area contributed by atoms with Crippen LogP contribution in [0.1, 0.15) is 57.2 Å². The average molecular weight is 501 g/mol. The highest BCUT2D eigenvalue weighted by Crippen LogP contribution is 2.32. The second-order valence-electron chi connectivity index (χ2n) is 9.22. The fourth-order valence-corrected chi connectivity index (χ4v) is 4.23. The number of furan rings is 1. The summed E-state index contributed by atoms with van der Waals surface area (Å²) in [4.78, 5) is 37.8. The van der Waals surface area contributed by atoms with E-state index in [-0.39, 0.29) is 23.8 Å². The van der Waals surface area contributed by atoms with Crippen molar-refractivity contribution >= 4 is 17.7 Å². The Morgan fingerprint density at radius 3 is 2.54 bits per heavy atom. The lowest BCUT2D eigenvalue weighted by molar-refractivity contribution is -0.123. The van der Waals surface area contributed by atoms with Crippen LogP contribution in [0.2, 0.25) is 0 Å². The number of hydrogen-bond acceptors (Lipinski definition) is 5. The van der Waals surface area contributed by atoms with Crippen LogP contribution in [0, 0.1) is 0 Å². The van der Waals surface area contributed by atoms with Gasteiger partial charge in [0.1, 0.15) is 11.5 Å². The third-order valence-electron chi connectivity index (χ3n) is 6.38. The van der Waals surface area contributed by atoms with Gasteiger partial charge in [-0.2, -0.15) is 0 Å². The number of carbonyl (C=O) groups excluding carboxylic acids is 3. The molecule has 190 valence electrons. The SMILES string of the molecule is [2H]C([2H])(c1ccccc1OCCCCCC1=CC(=O)NC1=O)N(C(=O)c1ccc(-c2ccco2)cc1)C1CC1. The molecule has 0 bridgehead atoms. The van der Waals surface area contributed by atoms with Crippen molar-refractivity contribution in [3.05, 3.63) is 89.7 Å². The second-order valence-corrected chi connectivity index (χ2v) is 9.22. The van der Waals surface area contributed by atoms with Crippen LogP contribution in [-0.4, -0.2) is 35.3 Å². The molecule has 1 saturated carbocycles. The van der Waals surface area contributed by atoms with E-state index in [0.717, 1.165) is 31.2 Å². The Bertz CT molecular complexity index is 1380. The fraction of sp³-hybridized carbons (Fsp3) is 0.300. The van der Waals surface area contributed by atoms with E-state index < -0.39 is 6.50 Å². The van der Waals surface area contributed by atoms with Gasteiger partial charge in [0, 0.05) is 40.9 Å². The van der Waals surface area contributed by atoms with E-state index in [4.69, 9.17) is 11.9 Å². The Labute approximate surface area is 218 Å². The molecular formula is C30H30N2O5. The van der Waals surface area contributed by atoms with Gasteiger partial charge < -0.3 is 14.1 Å². The van der Waals surface area contributed by atoms with Gasteiger partial charge in [-0.25, -0.2) is 0 Å². The number of nitrogens with one attached hydrogen (secondary N) is 1. The predicted molar refractivity (Wildman–Crippen MR) is 139 cm³/mol. The molecule has 1 N–H and O–H groups in total. The van der Waals surface area contributed by atoms with Gasteiger partial charge in [0.25, 0.3) is 17.7 Å².